The normalized spacial score (nSPS) is 21.8. The van der Waals surface area contributed by atoms with Crippen molar-refractivity contribution >= 4 is 195 Å². The van der Waals surface area contributed by atoms with Gasteiger partial charge in [0.25, 0.3) is 5.91 Å². The standard InChI is InChI=1S/C21H21BBr2N2O3.C21H22BBrN2O3.C21H23BN2O3.C21H23BN2O2.C20H20N2O2.BHNS.ClH/c1-22(29)26-10-9-20(13-26,12-14-5-3-2-4-6-14)18(27)15-7-8-17-16(11-15)21(23,24)19(28)25-17;1-22(28)25-10-9-21(13-25,12-14-5-3-2-4-6-14)19(26)15-7-8-17-16(11-15)18(23)20(27)24-17;1-22(27)24-10-9-21(14-24,13-15-5-3-2-4-6-15)20(26)16-7-8-18-17(11-16)12-19(25)23-18;1-22(26)24-12-10-21(15-24,14-16-5-3-2-4-6-16)20(25)18-7-8-19-17(13-18)9-11-23-19;23-18-11-16-10-15(6-7-17(16)22-18)19(24)20(8-9-21-13-20)12-14-4-2-1-3-5-14;1-2-3;/h2-8,11,29H,9-10,12-13H2,1H3,(H,25,28);2-8,11,18,28H,9-10,12-13H2,1H3,(H,24,27);2-8,11,27H,9-10,12-14H2,1H3,(H,23,25);2-9,11,13,23,26H,10,12,14-15H2,1H3;1-7,10,21H,8-9,11-13H2,(H,22,23);3H;1H. The molecule has 24 nitrogen and oxygen atoms in total. The van der Waals surface area contributed by atoms with Crippen LogP contribution in [0.5, 0.6) is 0 Å². The average Bonchev–Trinajstić information content (AvgIpc) is 1.60. The summed E-state index contributed by atoms with van der Waals surface area (Å²) >= 11 is 13.4. The summed E-state index contributed by atoms with van der Waals surface area (Å²) in [6, 6.07) is 80.1. The molecule has 138 heavy (non-hydrogen) atoms. The molecule has 1 aromatic heterocycles. The van der Waals surface area contributed by atoms with Crippen LogP contribution in [0, 0.1) is 27.1 Å². The molecule has 10 aromatic carbocycles. The van der Waals surface area contributed by atoms with Crippen LogP contribution in [0.4, 0.5) is 22.7 Å². The molecule has 4 amide bonds. The molecule has 0 bridgehead atoms. The molecule has 9 aliphatic rings. The first kappa shape index (κ1) is 104. The van der Waals surface area contributed by atoms with E-state index in [1.165, 1.54) is 5.56 Å². The van der Waals surface area contributed by atoms with Gasteiger partial charge in [0.15, 0.2) is 32.1 Å². The van der Waals surface area contributed by atoms with Crippen LogP contribution in [0.15, 0.2) is 259 Å². The van der Waals surface area contributed by atoms with Crippen molar-refractivity contribution in [3.8, 4) is 0 Å². The van der Waals surface area contributed by atoms with Crippen LogP contribution in [0.3, 0.4) is 0 Å². The molecular formula is C104H111B5Br3ClN11O13S. The van der Waals surface area contributed by atoms with E-state index in [0.717, 1.165) is 105 Å². The van der Waals surface area contributed by atoms with Crippen molar-refractivity contribution in [3.63, 3.8) is 0 Å². The van der Waals surface area contributed by atoms with Crippen LogP contribution < -0.4 is 26.6 Å². The van der Waals surface area contributed by atoms with Gasteiger partial charge in [-0.05, 0) is 266 Å². The first-order chi connectivity index (χ1) is 65.7. The quantitative estimate of drug-likeness (QED) is 0.0116. The number of anilines is 4. The monoisotopic (exact) mass is 2080 g/mol. The molecule has 9 aliphatic heterocycles. The van der Waals surface area contributed by atoms with Crippen molar-refractivity contribution in [1.29, 1.82) is 0 Å². The van der Waals surface area contributed by atoms with E-state index in [2.05, 4.69) is 128 Å². The van der Waals surface area contributed by atoms with Crippen molar-refractivity contribution in [2.75, 3.05) is 86.7 Å². The second-order valence-electron chi connectivity index (χ2n) is 37.7. The van der Waals surface area contributed by atoms with Gasteiger partial charge in [-0.25, -0.2) is 0 Å². The molecule has 1 radical (unpaired) electrons. The molecule has 11 aromatic rings. The minimum atomic E-state index is -1.03. The van der Waals surface area contributed by atoms with Gasteiger partial charge < -0.3 is 70.9 Å². The fourth-order valence-electron chi connectivity index (χ4n) is 20.8. The summed E-state index contributed by atoms with van der Waals surface area (Å²) in [7, 11) is 2.05. The summed E-state index contributed by atoms with van der Waals surface area (Å²) in [5, 5.41) is 55.9. The van der Waals surface area contributed by atoms with Crippen LogP contribution in [-0.4, -0.2) is 198 Å². The number of thiol groups is 1. The van der Waals surface area contributed by atoms with Crippen molar-refractivity contribution in [2.45, 2.75) is 112 Å². The second kappa shape index (κ2) is 45.2. The van der Waals surface area contributed by atoms with E-state index in [-0.39, 0.29) is 65.0 Å². The van der Waals surface area contributed by atoms with Crippen molar-refractivity contribution < 1.29 is 63.2 Å². The second-order valence-corrected chi connectivity index (χ2v) is 42.3. The summed E-state index contributed by atoms with van der Waals surface area (Å²) < 4.78 is 1.67. The molecule has 0 saturated carbocycles. The van der Waals surface area contributed by atoms with E-state index in [4.69, 9.17) is 0 Å². The first-order valence-corrected chi connectivity index (χ1v) is 49.4. The Hall–Kier alpha value is -10.2. The Morgan fingerprint density at radius 2 is 0.746 bits per heavy atom. The Balaban J connectivity index is 0.000000137. The van der Waals surface area contributed by atoms with Gasteiger partial charge in [-0.3, -0.25) is 43.2 Å². The van der Waals surface area contributed by atoms with Crippen molar-refractivity contribution in [1.82, 2.24) is 29.5 Å². The zero-order valence-corrected chi connectivity index (χ0v) is 83.9. The van der Waals surface area contributed by atoms with Crippen LogP contribution in [0.1, 0.15) is 139 Å². The van der Waals surface area contributed by atoms with Crippen LogP contribution in [0.25, 0.3) is 10.9 Å². The molecule has 709 valence electrons. The average molecular weight is 2080 g/mol. The molecule has 5 saturated heterocycles. The van der Waals surface area contributed by atoms with Gasteiger partial charge in [0.2, 0.25) is 17.7 Å². The van der Waals surface area contributed by atoms with Crippen LogP contribution >= 0.6 is 73.0 Å². The van der Waals surface area contributed by atoms with Gasteiger partial charge in [-0.15, -0.1) is 12.4 Å². The third-order valence-electron chi connectivity index (χ3n) is 28.3. The van der Waals surface area contributed by atoms with Gasteiger partial charge in [-0.1, -0.05) is 199 Å². The van der Waals surface area contributed by atoms with Gasteiger partial charge in [-0.2, -0.15) is 0 Å². The number of hydrogen-bond donors (Lipinski definition) is 11. The van der Waals surface area contributed by atoms with E-state index in [1.54, 1.807) is 57.6 Å². The molecule has 5 fully saturated rings. The van der Waals surface area contributed by atoms with E-state index in [0.29, 0.717) is 144 Å². The molecule has 6 unspecified atom stereocenters. The zero-order chi connectivity index (χ0) is 97.1. The van der Waals surface area contributed by atoms with Crippen LogP contribution in [-0.2, 0) is 67.4 Å². The van der Waals surface area contributed by atoms with Gasteiger partial charge in [0.05, 0.1) is 39.9 Å². The molecule has 0 aliphatic carbocycles. The SMILES string of the molecule is CB(O)N1CCC(Cc2ccccc2)(C(=O)c2ccc3[nH]ccc3c2)C1.CB(O)N1CCC(Cc2ccccc2)(C(=O)c2ccc3c(c2)C(Br)(Br)C(=O)N3)C1.CB(O)N1CCC(Cc2ccccc2)(C(=O)c2ccc3c(c2)C(Br)C(=O)N3)C1.CB(O)N1CCC(Cc2ccccc2)(C(=O)c2ccc3c(c2)CC(=O)N3)C1.Cl.O=C1Cc2cc(C(=O)C3(Cc4ccccc4)CCNC3)ccc2N1.[B]=NS. The number of amides is 4. The Morgan fingerprint density at radius 1 is 0.420 bits per heavy atom. The zero-order valence-electron chi connectivity index (χ0n) is 77.5. The van der Waals surface area contributed by atoms with E-state index in [1.807, 2.05) is 220 Å². The molecule has 20 rings (SSSR count). The number of nitrogens with zero attached hydrogens (tertiary/aromatic N) is 5. The summed E-state index contributed by atoms with van der Waals surface area (Å²) in [4.78, 5) is 126. The van der Waals surface area contributed by atoms with Crippen molar-refractivity contribution in [2.24, 2.45) is 31.4 Å². The molecular weight excluding hydrogens is 1970 g/mol. The number of halogens is 4. The van der Waals surface area contributed by atoms with E-state index >= 15 is 0 Å². The fourth-order valence-corrected chi connectivity index (χ4v) is 22.2. The topological polar surface area (TPSA) is 336 Å². The third-order valence-corrected chi connectivity index (χ3v) is 30.7. The molecule has 0 spiro atoms. The summed E-state index contributed by atoms with van der Waals surface area (Å²) in [5.41, 5.74) is 13.7. The summed E-state index contributed by atoms with van der Waals surface area (Å²) in [6.07, 6.45) is 9.57. The number of fused-ring (bicyclic) bond motifs is 5. The number of aromatic nitrogens is 1. The number of carbonyl (C=O) groups excluding carboxylic acids is 9. The van der Waals surface area contributed by atoms with E-state index in [9.17, 15) is 63.2 Å². The number of alkyl halides is 3. The minimum absolute atomic E-state index is 0. The van der Waals surface area contributed by atoms with Crippen molar-refractivity contribution in [3.05, 3.63) is 333 Å². The molecule has 10 N–H and O–H groups in total. The van der Waals surface area contributed by atoms with E-state index < -0.39 is 63.3 Å². The Kier molecular flexibility index (Phi) is 33.9. The number of nitrogens with one attached hydrogen (secondary N) is 6. The number of benzene rings is 10. The Labute approximate surface area is 844 Å². The number of Topliss-reactive ketones (excluding diaryl/α,β-unsaturated/α-hetero) is 5. The molecule has 34 heteroatoms. The number of ketones is 5. The predicted octanol–water partition coefficient (Wildman–Crippen LogP) is 16.1. The van der Waals surface area contributed by atoms with Gasteiger partial charge >= 0.3 is 53.0 Å². The first-order valence-electron chi connectivity index (χ1n) is 46.5. The Morgan fingerprint density at radius 3 is 1.10 bits per heavy atom. The maximum atomic E-state index is 13.8. The molecule has 6 atom stereocenters. The number of rotatable bonds is 24. The van der Waals surface area contributed by atoms with Gasteiger partial charge in [0.1, 0.15) is 4.83 Å². The third kappa shape index (κ3) is 23.5. The number of aromatic amines is 1. The number of carbonyl (C=O) groups is 9. The molecule has 10 heterocycles. The predicted molar refractivity (Wildman–Crippen MR) is 564 cm³/mol. The van der Waals surface area contributed by atoms with Crippen LogP contribution in [0.2, 0.25) is 27.3 Å². The maximum absolute atomic E-state index is 13.8. The number of H-pyrrole nitrogens is 1. The summed E-state index contributed by atoms with van der Waals surface area (Å²) in [5.74, 6) is 0.203. The fraction of sp³-hybridized carbons (Fsp3) is 0.317. The number of hydrogen-bond acceptors (Lipinski definition) is 20. The van der Waals surface area contributed by atoms with Gasteiger partial charge in [0, 0.05) is 106 Å². The summed E-state index contributed by atoms with van der Waals surface area (Å²) in [6.45, 7) is 13.5. The Bertz CT molecular complexity index is 6310.